The Hall–Kier alpha value is -1.39. The van der Waals surface area contributed by atoms with Crippen LogP contribution in [-0.4, -0.2) is 60.6 Å². The minimum absolute atomic E-state index is 0.217. The van der Waals surface area contributed by atoms with E-state index in [0.29, 0.717) is 12.1 Å². The number of amides is 1. The van der Waals surface area contributed by atoms with Crippen LogP contribution in [0.15, 0.2) is 30.3 Å². The number of benzene rings is 1. The molecule has 1 aromatic rings. The highest BCUT2D eigenvalue weighted by Gasteiger charge is 2.29. The summed E-state index contributed by atoms with van der Waals surface area (Å²) in [6, 6.07) is 11.3. The van der Waals surface area contributed by atoms with Crippen molar-refractivity contribution < 1.29 is 9.53 Å². The van der Waals surface area contributed by atoms with Crippen LogP contribution in [0.1, 0.15) is 38.2 Å². The lowest BCUT2D eigenvalue weighted by molar-refractivity contribution is -0.131. The fourth-order valence-electron chi connectivity index (χ4n) is 3.97. The van der Waals surface area contributed by atoms with Gasteiger partial charge in [-0.1, -0.05) is 30.3 Å². The van der Waals surface area contributed by atoms with Crippen LogP contribution in [-0.2, 0) is 16.0 Å². The topological polar surface area (TPSA) is 32.8 Å². The molecule has 132 valence electrons. The number of piperidine rings is 1. The van der Waals surface area contributed by atoms with E-state index in [4.69, 9.17) is 4.74 Å². The minimum Gasteiger partial charge on any atom is -0.376 e. The van der Waals surface area contributed by atoms with Gasteiger partial charge >= 0.3 is 0 Å². The molecule has 0 bridgehead atoms. The largest absolute Gasteiger partial charge is 0.376 e. The predicted octanol–water partition coefficient (Wildman–Crippen LogP) is 2.72. The minimum atomic E-state index is 0.217. The molecular formula is C20H30N2O2. The monoisotopic (exact) mass is 330 g/mol. The SMILES string of the molecule is CC(=O)N1CCC(N2CCOC(CCCc3ccccc3)C2)CC1. The zero-order valence-corrected chi connectivity index (χ0v) is 14.8. The van der Waals surface area contributed by atoms with Crippen molar-refractivity contribution in [2.24, 2.45) is 0 Å². The Bertz CT molecular complexity index is 512. The molecule has 0 radical (unpaired) electrons. The maximum absolute atomic E-state index is 11.5. The molecule has 1 amide bonds. The van der Waals surface area contributed by atoms with E-state index in [1.807, 2.05) is 4.90 Å². The van der Waals surface area contributed by atoms with Gasteiger partial charge in [0.2, 0.25) is 5.91 Å². The number of rotatable bonds is 5. The molecule has 4 nitrogen and oxygen atoms in total. The van der Waals surface area contributed by atoms with Crippen molar-refractivity contribution >= 4 is 5.91 Å². The number of aryl methyl sites for hydroxylation is 1. The van der Waals surface area contributed by atoms with Crippen molar-refractivity contribution in [3.05, 3.63) is 35.9 Å². The van der Waals surface area contributed by atoms with Crippen LogP contribution in [0, 0.1) is 0 Å². The van der Waals surface area contributed by atoms with Crippen molar-refractivity contribution in [2.75, 3.05) is 32.8 Å². The standard InChI is InChI=1S/C20H30N2O2/c1-17(23)21-12-10-19(11-13-21)22-14-15-24-20(16-22)9-5-8-18-6-3-2-4-7-18/h2-4,6-7,19-20H,5,8-16H2,1H3. The maximum atomic E-state index is 11.5. The Labute approximate surface area is 145 Å². The summed E-state index contributed by atoms with van der Waals surface area (Å²) in [6.07, 6.45) is 6.04. The van der Waals surface area contributed by atoms with Gasteiger partial charge in [0.1, 0.15) is 0 Å². The highest BCUT2D eigenvalue weighted by Crippen LogP contribution is 2.21. The molecule has 24 heavy (non-hydrogen) atoms. The molecule has 2 saturated heterocycles. The van der Waals surface area contributed by atoms with E-state index < -0.39 is 0 Å². The predicted molar refractivity (Wildman–Crippen MR) is 96.0 cm³/mol. The second-order valence-corrected chi connectivity index (χ2v) is 7.10. The fourth-order valence-corrected chi connectivity index (χ4v) is 3.97. The molecule has 0 saturated carbocycles. The molecule has 3 rings (SSSR count). The second kappa shape index (κ2) is 8.63. The van der Waals surface area contributed by atoms with E-state index in [9.17, 15) is 4.79 Å². The number of ether oxygens (including phenoxy) is 1. The Morgan fingerprint density at radius 3 is 2.62 bits per heavy atom. The van der Waals surface area contributed by atoms with E-state index in [1.165, 1.54) is 12.0 Å². The number of likely N-dealkylation sites (tertiary alicyclic amines) is 1. The average Bonchev–Trinajstić information content (AvgIpc) is 2.63. The first-order chi connectivity index (χ1) is 11.7. The first-order valence-electron chi connectivity index (χ1n) is 9.37. The molecule has 2 fully saturated rings. The quantitative estimate of drug-likeness (QED) is 0.832. The summed E-state index contributed by atoms with van der Waals surface area (Å²) in [5, 5.41) is 0. The molecule has 1 unspecified atom stereocenters. The molecule has 0 N–H and O–H groups in total. The number of hydrogen-bond acceptors (Lipinski definition) is 3. The van der Waals surface area contributed by atoms with Gasteiger partial charge in [-0.2, -0.15) is 0 Å². The van der Waals surface area contributed by atoms with Crippen molar-refractivity contribution in [2.45, 2.75) is 51.2 Å². The smallest absolute Gasteiger partial charge is 0.219 e. The van der Waals surface area contributed by atoms with Crippen LogP contribution in [0.3, 0.4) is 0 Å². The van der Waals surface area contributed by atoms with Crippen LogP contribution < -0.4 is 0 Å². The van der Waals surface area contributed by atoms with Crippen LogP contribution in [0.25, 0.3) is 0 Å². The summed E-state index contributed by atoms with van der Waals surface area (Å²) >= 11 is 0. The molecule has 1 atom stereocenters. The summed E-state index contributed by atoms with van der Waals surface area (Å²) < 4.78 is 5.99. The molecule has 2 heterocycles. The van der Waals surface area contributed by atoms with E-state index in [-0.39, 0.29) is 5.91 Å². The third kappa shape index (κ3) is 4.81. The number of morpholine rings is 1. The number of carbonyl (C=O) groups excluding carboxylic acids is 1. The highest BCUT2D eigenvalue weighted by atomic mass is 16.5. The second-order valence-electron chi connectivity index (χ2n) is 7.10. The molecule has 4 heteroatoms. The molecule has 0 aromatic heterocycles. The van der Waals surface area contributed by atoms with Crippen molar-refractivity contribution in [3.8, 4) is 0 Å². The van der Waals surface area contributed by atoms with Crippen LogP contribution in [0.2, 0.25) is 0 Å². The normalized spacial score (nSPS) is 23.4. The summed E-state index contributed by atoms with van der Waals surface area (Å²) in [5.41, 5.74) is 1.42. The summed E-state index contributed by atoms with van der Waals surface area (Å²) in [4.78, 5) is 16.0. The van der Waals surface area contributed by atoms with E-state index >= 15 is 0 Å². The molecule has 0 spiro atoms. The van der Waals surface area contributed by atoms with Crippen LogP contribution in [0.4, 0.5) is 0 Å². The Morgan fingerprint density at radius 1 is 1.17 bits per heavy atom. The Balaban J connectivity index is 1.41. The van der Waals surface area contributed by atoms with Crippen molar-refractivity contribution in [1.29, 1.82) is 0 Å². The van der Waals surface area contributed by atoms with Gasteiger partial charge in [-0.3, -0.25) is 9.69 Å². The molecule has 2 aliphatic rings. The van der Waals surface area contributed by atoms with Gasteiger partial charge in [-0.15, -0.1) is 0 Å². The van der Waals surface area contributed by atoms with E-state index in [0.717, 1.165) is 58.5 Å². The van der Waals surface area contributed by atoms with Crippen LogP contribution >= 0.6 is 0 Å². The Kier molecular flexibility index (Phi) is 6.27. The third-order valence-corrected chi connectivity index (χ3v) is 5.43. The summed E-state index contributed by atoms with van der Waals surface area (Å²) in [7, 11) is 0. The summed E-state index contributed by atoms with van der Waals surface area (Å²) in [5.74, 6) is 0.217. The zero-order valence-electron chi connectivity index (χ0n) is 14.8. The van der Waals surface area contributed by atoms with Crippen molar-refractivity contribution in [3.63, 3.8) is 0 Å². The third-order valence-electron chi connectivity index (χ3n) is 5.43. The van der Waals surface area contributed by atoms with Gasteiger partial charge in [-0.05, 0) is 37.7 Å². The lowest BCUT2D eigenvalue weighted by Crippen LogP contribution is -2.52. The lowest BCUT2D eigenvalue weighted by atomic mass is 10.0. The first-order valence-corrected chi connectivity index (χ1v) is 9.37. The summed E-state index contributed by atoms with van der Waals surface area (Å²) in [6.45, 7) is 6.45. The van der Waals surface area contributed by atoms with Gasteiger partial charge in [0.25, 0.3) is 0 Å². The van der Waals surface area contributed by atoms with Gasteiger partial charge in [0, 0.05) is 39.1 Å². The number of nitrogens with zero attached hydrogens (tertiary/aromatic N) is 2. The van der Waals surface area contributed by atoms with Gasteiger partial charge < -0.3 is 9.64 Å². The first kappa shape index (κ1) is 17.4. The molecule has 2 aliphatic heterocycles. The van der Waals surface area contributed by atoms with Crippen molar-refractivity contribution in [1.82, 2.24) is 9.80 Å². The van der Waals surface area contributed by atoms with Gasteiger partial charge in [0.05, 0.1) is 12.7 Å². The fraction of sp³-hybridized carbons (Fsp3) is 0.650. The molecular weight excluding hydrogens is 300 g/mol. The highest BCUT2D eigenvalue weighted by molar-refractivity contribution is 5.73. The number of carbonyl (C=O) groups is 1. The van der Waals surface area contributed by atoms with Gasteiger partial charge in [0.15, 0.2) is 0 Å². The van der Waals surface area contributed by atoms with Gasteiger partial charge in [-0.25, -0.2) is 0 Å². The molecule has 0 aliphatic carbocycles. The maximum Gasteiger partial charge on any atom is 0.219 e. The van der Waals surface area contributed by atoms with E-state index in [1.54, 1.807) is 6.92 Å². The average molecular weight is 330 g/mol. The Morgan fingerprint density at radius 2 is 1.92 bits per heavy atom. The number of hydrogen-bond donors (Lipinski definition) is 0. The van der Waals surface area contributed by atoms with Crippen LogP contribution in [0.5, 0.6) is 0 Å². The lowest BCUT2D eigenvalue weighted by Gasteiger charge is -2.42. The zero-order chi connectivity index (χ0) is 16.8. The molecule has 1 aromatic carbocycles. The van der Waals surface area contributed by atoms with E-state index in [2.05, 4.69) is 35.2 Å².